The second-order valence-electron chi connectivity index (χ2n) is 0.414. The average molecular weight is 147 g/mol. The zero-order chi connectivity index (χ0) is 3.58. The van der Waals surface area contributed by atoms with Crippen LogP contribution in [0.5, 0.6) is 0 Å². The summed E-state index contributed by atoms with van der Waals surface area (Å²) in [6.45, 7) is 0. The molecular weight excluding hydrogens is 143 g/mol. The van der Waals surface area contributed by atoms with E-state index in [0.29, 0.717) is 0 Å². The Kier molecular flexibility index (Phi) is 7.90. The van der Waals surface area contributed by atoms with Crippen LogP contribution in [0.25, 0.3) is 5.73 Å². The molecule has 0 bridgehead atoms. The van der Waals surface area contributed by atoms with Gasteiger partial charge in [0.05, 0.1) is 0 Å². The molecule has 0 saturated heterocycles. The molecule has 0 rings (SSSR count). The van der Waals surface area contributed by atoms with Gasteiger partial charge >= 0.3 is 0 Å². The molecule has 5 heavy (non-hydrogen) atoms. The molecule has 0 aliphatic carbocycles. The molecule has 0 aliphatic rings. The third-order valence-corrected chi connectivity index (χ3v) is 0. The summed E-state index contributed by atoms with van der Waals surface area (Å²) < 4.78 is 0. The molecule has 0 spiro atoms. The Bertz CT molecular complexity index is 29.9. The van der Waals surface area contributed by atoms with Gasteiger partial charge in [-0.1, -0.05) is 0 Å². The fourth-order valence-electron chi connectivity index (χ4n) is 0. The summed E-state index contributed by atoms with van der Waals surface area (Å²) in [5.74, 6) is -0.583. The molecule has 0 fully saturated rings. The minimum absolute atomic E-state index is 0. The van der Waals surface area contributed by atoms with Crippen molar-refractivity contribution in [2.75, 3.05) is 0 Å². The molecule has 0 aliphatic heterocycles. The molecule has 0 aromatic heterocycles. The molecule has 0 saturated carbocycles. The van der Waals surface area contributed by atoms with Crippen LogP contribution in [0.15, 0.2) is 0 Å². The predicted octanol–water partition coefficient (Wildman–Crippen LogP) is -0.0704. The van der Waals surface area contributed by atoms with Crippen LogP contribution in [0.3, 0.4) is 0 Å². The van der Waals surface area contributed by atoms with Gasteiger partial charge in [0.1, 0.15) is 0 Å². The van der Waals surface area contributed by atoms with Crippen molar-refractivity contribution >= 4 is 5.96 Å². The standard InChI is InChI=1S/CH4N3.Y/c2-1(3)4;/h(H4-,2,3,4);/q-1;. The molecule has 3 nitrogen and oxygen atoms in total. The van der Waals surface area contributed by atoms with Crippen LogP contribution >= 0.6 is 0 Å². The van der Waals surface area contributed by atoms with Gasteiger partial charge in [0, 0.05) is 32.7 Å². The summed E-state index contributed by atoms with van der Waals surface area (Å²) in [4.78, 5) is 0. The second-order valence-corrected chi connectivity index (χ2v) is 0.414. The number of hydrogen-bond acceptors (Lipinski definition) is 1. The smallest absolute Gasteiger partial charge is 0 e. The Balaban J connectivity index is 0. The normalized spacial score (nSPS) is 4.80. The van der Waals surface area contributed by atoms with Gasteiger partial charge in [0.25, 0.3) is 0 Å². The van der Waals surface area contributed by atoms with E-state index in [1.807, 2.05) is 0 Å². The van der Waals surface area contributed by atoms with E-state index in [4.69, 9.17) is 11.1 Å². The van der Waals surface area contributed by atoms with Gasteiger partial charge < -0.3 is 16.9 Å². The fourth-order valence-corrected chi connectivity index (χ4v) is 0. The van der Waals surface area contributed by atoms with Crippen molar-refractivity contribution < 1.29 is 32.7 Å². The van der Waals surface area contributed by atoms with Crippen LogP contribution in [-0.2, 0) is 32.7 Å². The molecular formula is CH4N3Y-. The van der Waals surface area contributed by atoms with E-state index >= 15 is 0 Å². The monoisotopic (exact) mass is 147 g/mol. The zero-order valence-electron chi connectivity index (χ0n) is 2.65. The van der Waals surface area contributed by atoms with Crippen molar-refractivity contribution in [3.05, 3.63) is 5.73 Å². The van der Waals surface area contributed by atoms with E-state index in [2.05, 4.69) is 5.73 Å². The number of nitrogens with one attached hydrogen (secondary N) is 2. The minimum atomic E-state index is -0.583. The van der Waals surface area contributed by atoms with Gasteiger partial charge in [-0.25, -0.2) is 0 Å². The first-order valence-corrected chi connectivity index (χ1v) is 0.789. The SMILES string of the molecule is N=C([NH-])N.[Y]. The van der Waals surface area contributed by atoms with E-state index in [0.717, 1.165) is 0 Å². The molecule has 0 unspecified atom stereocenters. The van der Waals surface area contributed by atoms with Crippen molar-refractivity contribution in [1.82, 2.24) is 0 Å². The van der Waals surface area contributed by atoms with Gasteiger partial charge in [-0.3, -0.25) is 0 Å². The molecule has 0 aromatic carbocycles. The van der Waals surface area contributed by atoms with Crippen molar-refractivity contribution in [3.8, 4) is 0 Å². The Morgan fingerprint density at radius 3 is 1.80 bits per heavy atom. The van der Waals surface area contributed by atoms with E-state index in [1.54, 1.807) is 0 Å². The van der Waals surface area contributed by atoms with Crippen LogP contribution in [0.4, 0.5) is 0 Å². The van der Waals surface area contributed by atoms with E-state index in [9.17, 15) is 0 Å². The molecule has 27 valence electrons. The molecule has 1 radical (unpaired) electrons. The van der Waals surface area contributed by atoms with Gasteiger partial charge in [-0.05, 0) is 5.96 Å². The van der Waals surface area contributed by atoms with Gasteiger partial charge in [0.15, 0.2) is 0 Å². The zero-order valence-corrected chi connectivity index (χ0v) is 5.49. The Morgan fingerprint density at radius 2 is 1.80 bits per heavy atom. The summed E-state index contributed by atoms with van der Waals surface area (Å²) in [5.41, 5.74) is 10.3. The van der Waals surface area contributed by atoms with E-state index < -0.39 is 5.96 Å². The maximum absolute atomic E-state index is 5.94. The third-order valence-electron chi connectivity index (χ3n) is 0. The Hall–Kier alpha value is 0.374. The minimum Gasteiger partial charge on any atom is -0.454 e. The first-order chi connectivity index (χ1) is 1.73. The van der Waals surface area contributed by atoms with Gasteiger partial charge in [-0.15, -0.1) is 0 Å². The van der Waals surface area contributed by atoms with Crippen molar-refractivity contribution in [2.24, 2.45) is 5.73 Å². The largest absolute Gasteiger partial charge is 0.454 e. The average Bonchev–Trinajstić information content (AvgIpc) is 0.811. The van der Waals surface area contributed by atoms with E-state index in [-0.39, 0.29) is 32.7 Å². The third kappa shape index (κ3) is 176. The summed E-state index contributed by atoms with van der Waals surface area (Å²) in [6.07, 6.45) is 0. The number of rotatable bonds is 0. The maximum atomic E-state index is 5.94. The first kappa shape index (κ1) is 9.03. The quantitative estimate of drug-likeness (QED) is 0.365. The number of nitrogens with two attached hydrogens (primary N) is 1. The van der Waals surface area contributed by atoms with Crippen LogP contribution in [-0.4, -0.2) is 5.96 Å². The predicted molar refractivity (Wildman–Crippen MR) is 16.2 cm³/mol. The Morgan fingerprint density at radius 1 is 1.80 bits per heavy atom. The summed E-state index contributed by atoms with van der Waals surface area (Å²) in [5, 5.41) is 5.94. The molecule has 0 atom stereocenters. The van der Waals surface area contributed by atoms with Gasteiger partial charge in [-0.2, -0.15) is 0 Å². The fraction of sp³-hybridized carbons (Fsp3) is 0. The van der Waals surface area contributed by atoms with Crippen LogP contribution in [0, 0.1) is 5.41 Å². The summed E-state index contributed by atoms with van der Waals surface area (Å²) >= 11 is 0. The Labute approximate surface area is 55.5 Å². The van der Waals surface area contributed by atoms with Gasteiger partial charge in [0.2, 0.25) is 0 Å². The van der Waals surface area contributed by atoms with Crippen molar-refractivity contribution in [3.63, 3.8) is 0 Å². The first-order valence-electron chi connectivity index (χ1n) is 0.789. The molecule has 4 heteroatoms. The summed E-state index contributed by atoms with van der Waals surface area (Å²) in [7, 11) is 0. The number of hydrogen-bond donors (Lipinski definition) is 2. The summed E-state index contributed by atoms with van der Waals surface area (Å²) in [6, 6.07) is 0. The second kappa shape index (κ2) is 4.37. The van der Waals surface area contributed by atoms with Crippen LogP contribution < -0.4 is 5.73 Å². The topological polar surface area (TPSA) is 73.7 Å². The molecule has 0 amide bonds. The van der Waals surface area contributed by atoms with E-state index in [1.165, 1.54) is 0 Å². The maximum Gasteiger partial charge on any atom is 0 e. The molecule has 0 heterocycles. The van der Waals surface area contributed by atoms with Crippen LogP contribution in [0.1, 0.15) is 0 Å². The van der Waals surface area contributed by atoms with Crippen LogP contribution in [0.2, 0.25) is 0 Å². The molecule has 4 N–H and O–H groups in total. The van der Waals surface area contributed by atoms with Crippen molar-refractivity contribution in [2.45, 2.75) is 0 Å². The van der Waals surface area contributed by atoms with Crippen molar-refractivity contribution in [1.29, 1.82) is 5.41 Å². The molecule has 0 aromatic rings. The number of guanidine groups is 1.